The lowest BCUT2D eigenvalue weighted by Crippen LogP contribution is -1.91. The number of aromatic nitrogens is 1. The molecule has 0 aliphatic heterocycles. The molecule has 2 N–H and O–H groups in total. The third-order valence-electron chi connectivity index (χ3n) is 2.81. The molecule has 0 atom stereocenters. The fourth-order valence-electron chi connectivity index (χ4n) is 1.99. The van der Waals surface area contributed by atoms with Crippen LogP contribution in [0, 0.1) is 6.92 Å². The quantitative estimate of drug-likeness (QED) is 0.717. The normalized spacial score (nSPS) is 11.0. The molecule has 0 amide bonds. The molecule has 3 nitrogen and oxygen atoms in total. The third-order valence-corrected chi connectivity index (χ3v) is 3.05. The van der Waals surface area contributed by atoms with Crippen LogP contribution in [0.5, 0.6) is 0 Å². The summed E-state index contributed by atoms with van der Waals surface area (Å²) in [6.07, 6.45) is 1.63. The lowest BCUT2D eigenvalue weighted by molar-refractivity contribution is 0.628. The number of halogens is 1. The molecule has 0 aliphatic rings. The van der Waals surface area contributed by atoms with Crippen molar-refractivity contribution in [2.45, 2.75) is 6.92 Å². The summed E-state index contributed by atoms with van der Waals surface area (Å²) in [6.45, 7) is 1.96. The number of hydrogen-bond acceptors (Lipinski definition) is 3. The Morgan fingerprint density at radius 1 is 1.22 bits per heavy atom. The van der Waals surface area contributed by atoms with Crippen LogP contribution < -0.4 is 5.73 Å². The molecule has 0 bridgehead atoms. The van der Waals surface area contributed by atoms with Gasteiger partial charge in [-0.3, -0.25) is 4.98 Å². The highest BCUT2D eigenvalue weighted by molar-refractivity contribution is 6.31. The summed E-state index contributed by atoms with van der Waals surface area (Å²) in [7, 11) is 0. The van der Waals surface area contributed by atoms with Crippen molar-refractivity contribution in [3.05, 3.63) is 47.1 Å². The summed E-state index contributed by atoms with van der Waals surface area (Å²) >= 11 is 5.95. The molecule has 2 heterocycles. The van der Waals surface area contributed by atoms with Crippen LogP contribution in [0.15, 0.2) is 40.9 Å². The first-order valence-corrected chi connectivity index (χ1v) is 5.93. The summed E-state index contributed by atoms with van der Waals surface area (Å²) in [5, 5.41) is 1.66. The maximum Gasteiger partial charge on any atom is 0.154 e. The van der Waals surface area contributed by atoms with E-state index in [-0.39, 0.29) is 0 Å². The lowest BCUT2D eigenvalue weighted by atomic mass is 10.1. The van der Waals surface area contributed by atoms with E-state index < -0.39 is 0 Å². The van der Waals surface area contributed by atoms with Crippen LogP contribution in [-0.2, 0) is 0 Å². The zero-order valence-electron chi connectivity index (χ0n) is 9.77. The highest BCUT2D eigenvalue weighted by atomic mass is 35.5. The number of anilines is 1. The number of nitrogen functional groups attached to an aromatic ring is 1. The predicted molar refractivity (Wildman–Crippen MR) is 73.6 cm³/mol. The molecule has 0 unspecified atom stereocenters. The second kappa shape index (κ2) is 4.03. The number of fused-ring (bicyclic) bond motifs is 1. The average Bonchev–Trinajstić information content (AvgIpc) is 2.71. The minimum absolute atomic E-state index is 0.649. The Bertz CT molecular complexity index is 734. The molecule has 1 aromatic carbocycles. The van der Waals surface area contributed by atoms with Crippen LogP contribution >= 0.6 is 11.6 Å². The van der Waals surface area contributed by atoms with Crippen molar-refractivity contribution in [2.75, 3.05) is 5.73 Å². The molecule has 0 spiro atoms. The number of furan rings is 1. The van der Waals surface area contributed by atoms with E-state index in [9.17, 15) is 0 Å². The Kier molecular flexibility index (Phi) is 2.49. The van der Waals surface area contributed by atoms with Crippen molar-refractivity contribution in [3.8, 4) is 11.5 Å². The summed E-state index contributed by atoms with van der Waals surface area (Å²) in [4.78, 5) is 4.31. The molecule has 4 heteroatoms. The van der Waals surface area contributed by atoms with Gasteiger partial charge in [0.2, 0.25) is 0 Å². The van der Waals surface area contributed by atoms with Gasteiger partial charge in [0.05, 0.1) is 11.9 Å². The van der Waals surface area contributed by atoms with Crippen molar-refractivity contribution in [1.29, 1.82) is 0 Å². The summed E-state index contributed by atoms with van der Waals surface area (Å²) in [5.74, 6) is 0.727. The van der Waals surface area contributed by atoms with Gasteiger partial charge in [0.25, 0.3) is 0 Å². The minimum Gasteiger partial charge on any atom is -0.454 e. The topological polar surface area (TPSA) is 52.0 Å². The van der Waals surface area contributed by atoms with Crippen molar-refractivity contribution in [2.24, 2.45) is 0 Å². The molecule has 3 rings (SSSR count). The molecule has 90 valence electrons. The zero-order valence-corrected chi connectivity index (χ0v) is 10.5. The van der Waals surface area contributed by atoms with E-state index in [4.69, 9.17) is 21.8 Å². The monoisotopic (exact) mass is 258 g/mol. The maximum absolute atomic E-state index is 5.95. The smallest absolute Gasteiger partial charge is 0.154 e. The highest BCUT2D eigenvalue weighted by Crippen LogP contribution is 2.30. The van der Waals surface area contributed by atoms with Gasteiger partial charge in [-0.05, 0) is 42.8 Å². The lowest BCUT2D eigenvalue weighted by Gasteiger charge is -2.01. The first-order chi connectivity index (χ1) is 8.63. The second-order valence-electron chi connectivity index (χ2n) is 4.23. The summed E-state index contributed by atoms with van der Waals surface area (Å²) < 4.78 is 5.77. The molecule has 0 aliphatic carbocycles. The third kappa shape index (κ3) is 1.83. The van der Waals surface area contributed by atoms with Gasteiger partial charge in [-0.2, -0.15) is 0 Å². The van der Waals surface area contributed by atoms with Gasteiger partial charge in [-0.1, -0.05) is 11.6 Å². The van der Waals surface area contributed by atoms with E-state index in [0.717, 1.165) is 28.0 Å². The van der Waals surface area contributed by atoms with Gasteiger partial charge in [0.1, 0.15) is 11.3 Å². The largest absolute Gasteiger partial charge is 0.454 e. The van der Waals surface area contributed by atoms with Gasteiger partial charge < -0.3 is 10.2 Å². The standard InChI is InChI=1S/C14H11ClN2O/c1-8-4-11(16)7-17-14(8)13-6-9-5-10(15)2-3-12(9)18-13/h2-7H,16H2,1H3. The van der Waals surface area contributed by atoms with Gasteiger partial charge >= 0.3 is 0 Å². The van der Waals surface area contributed by atoms with Crippen LogP contribution in [0.2, 0.25) is 5.02 Å². The number of nitrogens with two attached hydrogens (primary N) is 1. The van der Waals surface area contributed by atoms with Crippen molar-refractivity contribution < 1.29 is 4.42 Å². The average molecular weight is 259 g/mol. The Morgan fingerprint density at radius 2 is 2.06 bits per heavy atom. The fraction of sp³-hybridized carbons (Fsp3) is 0.0714. The number of benzene rings is 1. The van der Waals surface area contributed by atoms with Crippen LogP contribution in [0.4, 0.5) is 5.69 Å². The van der Waals surface area contributed by atoms with Gasteiger partial charge in [0.15, 0.2) is 5.76 Å². The maximum atomic E-state index is 5.95. The van der Waals surface area contributed by atoms with Gasteiger partial charge in [-0.15, -0.1) is 0 Å². The van der Waals surface area contributed by atoms with Crippen LogP contribution in [0.3, 0.4) is 0 Å². The molecule has 0 saturated carbocycles. The number of rotatable bonds is 1. The van der Waals surface area contributed by atoms with Crippen LogP contribution in [0.25, 0.3) is 22.4 Å². The minimum atomic E-state index is 0.649. The molecule has 0 saturated heterocycles. The zero-order chi connectivity index (χ0) is 12.7. The van der Waals surface area contributed by atoms with Gasteiger partial charge in [0, 0.05) is 10.4 Å². The molecule has 18 heavy (non-hydrogen) atoms. The van der Waals surface area contributed by atoms with Crippen molar-refractivity contribution >= 4 is 28.3 Å². The summed E-state index contributed by atoms with van der Waals surface area (Å²) in [5.41, 5.74) is 8.93. The molecule has 2 aromatic heterocycles. The van der Waals surface area contributed by atoms with Crippen molar-refractivity contribution in [3.63, 3.8) is 0 Å². The van der Waals surface area contributed by atoms with Crippen LogP contribution in [-0.4, -0.2) is 4.98 Å². The molecule has 3 aromatic rings. The molecule has 0 radical (unpaired) electrons. The Balaban J connectivity index is 2.19. The van der Waals surface area contributed by atoms with E-state index in [0.29, 0.717) is 10.7 Å². The first kappa shape index (κ1) is 11.1. The second-order valence-corrected chi connectivity index (χ2v) is 4.66. The molecule has 0 fully saturated rings. The first-order valence-electron chi connectivity index (χ1n) is 5.55. The molecular formula is C14H11ClN2O. The fourth-order valence-corrected chi connectivity index (χ4v) is 2.17. The van der Waals surface area contributed by atoms with Crippen LogP contribution in [0.1, 0.15) is 5.56 Å². The van der Waals surface area contributed by atoms with E-state index in [2.05, 4.69) is 4.98 Å². The Morgan fingerprint density at radius 3 is 2.83 bits per heavy atom. The van der Waals surface area contributed by atoms with Crippen molar-refractivity contribution in [1.82, 2.24) is 4.98 Å². The van der Waals surface area contributed by atoms with E-state index in [1.54, 1.807) is 12.3 Å². The molecular weight excluding hydrogens is 248 g/mol. The Hall–Kier alpha value is -2.00. The summed E-state index contributed by atoms with van der Waals surface area (Å²) in [6, 6.07) is 9.35. The number of pyridine rings is 1. The highest BCUT2D eigenvalue weighted by Gasteiger charge is 2.10. The number of nitrogens with zero attached hydrogens (tertiary/aromatic N) is 1. The van der Waals surface area contributed by atoms with Gasteiger partial charge in [-0.25, -0.2) is 0 Å². The predicted octanol–water partition coefficient (Wildman–Crippen LogP) is 4.04. The van der Waals surface area contributed by atoms with E-state index >= 15 is 0 Å². The SMILES string of the molecule is Cc1cc(N)cnc1-c1cc2cc(Cl)ccc2o1. The Labute approximate surface area is 109 Å². The number of hydrogen-bond donors (Lipinski definition) is 1. The van der Waals surface area contributed by atoms with E-state index in [1.807, 2.05) is 31.2 Å². The van der Waals surface area contributed by atoms with E-state index in [1.165, 1.54) is 0 Å². The number of aryl methyl sites for hydroxylation is 1.